The molecule has 1 rings (SSSR count). The average Bonchev–Trinajstić information content (AvgIpc) is 2.38. The van der Waals surface area contributed by atoms with Crippen LogP contribution in [0.25, 0.3) is 0 Å². The standard InChI is InChI=1S/C16H27NS/c1-13(2)15-7-9-16(10-8-15)14(3)17-11-5-6-12-18-4/h7-10,13-14,17H,5-6,11-12H2,1-4H3. The Bertz CT molecular complexity index is 318. The second kappa shape index (κ2) is 8.60. The second-order valence-corrected chi connectivity index (χ2v) is 6.18. The van der Waals surface area contributed by atoms with E-state index in [1.165, 1.54) is 29.7 Å². The van der Waals surface area contributed by atoms with Crippen LogP contribution in [0.1, 0.15) is 56.7 Å². The Morgan fingerprint density at radius 3 is 2.17 bits per heavy atom. The van der Waals surface area contributed by atoms with Gasteiger partial charge in [-0.2, -0.15) is 11.8 Å². The molecule has 0 aliphatic rings. The molecule has 18 heavy (non-hydrogen) atoms. The molecule has 0 heterocycles. The summed E-state index contributed by atoms with van der Waals surface area (Å²) in [5, 5.41) is 3.60. The number of nitrogens with one attached hydrogen (secondary N) is 1. The van der Waals surface area contributed by atoms with Crippen molar-refractivity contribution >= 4 is 11.8 Å². The van der Waals surface area contributed by atoms with E-state index in [4.69, 9.17) is 0 Å². The number of thioether (sulfide) groups is 1. The first-order chi connectivity index (χ1) is 8.65. The van der Waals surface area contributed by atoms with Crippen molar-refractivity contribution in [3.8, 4) is 0 Å². The van der Waals surface area contributed by atoms with Gasteiger partial charge in [0.25, 0.3) is 0 Å². The van der Waals surface area contributed by atoms with Crippen molar-refractivity contribution in [1.82, 2.24) is 5.32 Å². The van der Waals surface area contributed by atoms with Gasteiger partial charge in [0, 0.05) is 6.04 Å². The van der Waals surface area contributed by atoms with Gasteiger partial charge in [-0.15, -0.1) is 0 Å². The highest BCUT2D eigenvalue weighted by Gasteiger charge is 2.05. The van der Waals surface area contributed by atoms with Gasteiger partial charge in [-0.1, -0.05) is 38.1 Å². The maximum atomic E-state index is 3.60. The molecule has 0 aliphatic heterocycles. The summed E-state index contributed by atoms with van der Waals surface area (Å²) in [6, 6.07) is 9.49. The number of benzene rings is 1. The monoisotopic (exact) mass is 265 g/mol. The fraction of sp³-hybridized carbons (Fsp3) is 0.625. The smallest absolute Gasteiger partial charge is 0.0291 e. The molecule has 1 atom stereocenters. The summed E-state index contributed by atoms with van der Waals surface area (Å²) in [6.07, 6.45) is 4.76. The topological polar surface area (TPSA) is 12.0 Å². The predicted molar refractivity (Wildman–Crippen MR) is 84.6 cm³/mol. The van der Waals surface area contributed by atoms with Crippen molar-refractivity contribution in [2.45, 2.75) is 45.6 Å². The lowest BCUT2D eigenvalue weighted by Gasteiger charge is -2.15. The van der Waals surface area contributed by atoms with Crippen molar-refractivity contribution < 1.29 is 0 Å². The van der Waals surface area contributed by atoms with Gasteiger partial charge in [0.15, 0.2) is 0 Å². The largest absolute Gasteiger partial charge is 0.310 e. The summed E-state index contributed by atoms with van der Waals surface area (Å²) in [7, 11) is 0. The van der Waals surface area contributed by atoms with Crippen LogP contribution >= 0.6 is 11.8 Å². The van der Waals surface area contributed by atoms with Gasteiger partial charge < -0.3 is 5.32 Å². The van der Waals surface area contributed by atoms with E-state index in [2.05, 4.69) is 56.6 Å². The van der Waals surface area contributed by atoms with E-state index in [9.17, 15) is 0 Å². The summed E-state index contributed by atoms with van der Waals surface area (Å²) in [4.78, 5) is 0. The number of hydrogen-bond acceptors (Lipinski definition) is 2. The molecule has 0 bridgehead atoms. The molecule has 0 aromatic heterocycles. The van der Waals surface area contributed by atoms with Crippen LogP contribution in [0.4, 0.5) is 0 Å². The van der Waals surface area contributed by atoms with E-state index < -0.39 is 0 Å². The Balaban J connectivity index is 2.34. The van der Waals surface area contributed by atoms with Gasteiger partial charge in [-0.25, -0.2) is 0 Å². The minimum atomic E-state index is 0.459. The predicted octanol–water partition coefficient (Wildman–Crippen LogP) is 4.60. The first-order valence-electron chi connectivity index (χ1n) is 6.97. The van der Waals surface area contributed by atoms with E-state index in [0.29, 0.717) is 12.0 Å². The van der Waals surface area contributed by atoms with Crippen LogP contribution < -0.4 is 5.32 Å². The highest BCUT2D eigenvalue weighted by atomic mass is 32.2. The summed E-state index contributed by atoms with van der Waals surface area (Å²) >= 11 is 1.93. The molecule has 1 aromatic rings. The molecule has 1 nitrogen and oxygen atoms in total. The lowest BCUT2D eigenvalue weighted by Crippen LogP contribution is -2.19. The summed E-state index contributed by atoms with van der Waals surface area (Å²) in [5.74, 6) is 1.90. The third kappa shape index (κ3) is 5.45. The van der Waals surface area contributed by atoms with Crippen LogP contribution in [-0.2, 0) is 0 Å². The van der Waals surface area contributed by atoms with Crippen molar-refractivity contribution in [2.75, 3.05) is 18.6 Å². The first kappa shape index (κ1) is 15.6. The summed E-state index contributed by atoms with van der Waals surface area (Å²) in [5.41, 5.74) is 2.81. The van der Waals surface area contributed by atoms with Gasteiger partial charge in [0.1, 0.15) is 0 Å². The third-order valence-corrected chi connectivity index (χ3v) is 4.03. The molecule has 0 spiro atoms. The minimum Gasteiger partial charge on any atom is -0.310 e. The Morgan fingerprint density at radius 1 is 1.00 bits per heavy atom. The lowest BCUT2D eigenvalue weighted by atomic mass is 9.99. The number of unbranched alkanes of at least 4 members (excludes halogenated alkanes) is 1. The second-order valence-electron chi connectivity index (χ2n) is 5.20. The lowest BCUT2D eigenvalue weighted by molar-refractivity contribution is 0.555. The van der Waals surface area contributed by atoms with E-state index in [1.807, 2.05) is 11.8 Å². The summed E-state index contributed by atoms with van der Waals surface area (Å²) in [6.45, 7) is 7.84. The zero-order valence-electron chi connectivity index (χ0n) is 12.2. The highest BCUT2D eigenvalue weighted by Crippen LogP contribution is 2.18. The third-order valence-electron chi connectivity index (χ3n) is 3.33. The highest BCUT2D eigenvalue weighted by molar-refractivity contribution is 7.98. The average molecular weight is 265 g/mol. The molecule has 0 radical (unpaired) electrons. The number of hydrogen-bond donors (Lipinski definition) is 1. The molecule has 0 fully saturated rings. The normalized spacial score (nSPS) is 12.9. The Kier molecular flexibility index (Phi) is 7.45. The molecule has 1 N–H and O–H groups in total. The molecule has 2 heteroatoms. The molecule has 0 aliphatic carbocycles. The first-order valence-corrected chi connectivity index (χ1v) is 8.36. The van der Waals surface area contributed by atoms with Gasteiger partial charge in [0.2, 0.25) is 0 Å². The molecule has 1 aromatic carbocycles. The van der Waals surface area contributed by atoms with E-state index in [1.54, 1.807) is 0 Å². The van der Waals surface area contributed by atoms with Crippen molar-refractivity contribution in [3.63, 3.8) is 0 Å². The zero-order chi connectivity index (χ0) is 13.4. The van der Waals surface area contributed by atoms with Crippen molar-refractivity contribution in [1.29, 1.82) is 0 Å². The molecular formula is C16H27NS. The van der Waals surface area contributed by atoms with Crippen LogP contribution in [-0.4, -0.2) is 18.6 Å². The fourth-order valence-electron chi connectivity index (χ4n) is 1.98. The molecule has 102 valence electrons. The fourth-order valence-corrected chi connectivity index (χ4v) is 2.47. The number of rotatable bonds is 8. The minimum absolute atomic E-state index is 0.459. The Hall–Kier alpha value is -0.470. The van der Waals surface area contributed by atoms with E-state index in [-0.39, 0.29) is 0 Å². The SMILES string of the molecule is CSCCCCNC(C)c1ccc(C(C)C)cc1. The van der Waals surface area contributed by atoms with Crippen LogP contribution in [0.15, 0.2) is 24.3 Å². The molecular weight excluding hydrogens is 238 g/mol. The molecule has 0 saturated carbocycles. The van der Waals surface area contributed by atoms with Gasteiger partial charge in [-0.3, -0.25) is 0 Å². The van der Waals surface area contributed by atoms with Crippen LogP contribution in [0.2, 0.25) is 0 Å². The maximum absolute atomic E-state index is 3.60. The van der Waals surface area contributed by atoms with Crippen LogP contribution in [0.5, 0.6) is 0 Å². The Morgan fingerprint density at radius 2 is 1.61 bits per heavy atom. The van der Waals surface area contributed by atoms with Gasteiger partial charge in [0.05, 0.1) is 0 Å². The van der Waals surface area contributed by atoms with Crippen molar-refractivity contribution in [2.24, 2.45) is 0 Å². The van der Waals surface area contributed by atoms with Crippen LogP contribution in [0, 0.1) is 0 Å². The molecule has 1 unspecified atom stereocenters. The van der Waals surface area contributed by atoms with Gasteiger partial charge >= 0.3 is 0 Å². The van der Waals surface area contributed by atoms with Gasteiger partial charge in [-0.05, 0) is 55.4 Å². The quantitative estimate of drug-likeness (QED) is 0.689. The Labute approximate surface area is 117 Å². The molecule has 0 amide bonds. The summed E-state index contributed by atoms with van der Waals surface area (Å²) < 4.78 is 0. The van der Waals surface area contributed by atoms with E-state index in [0.717, 1.165) is 6.54 Å². The van der Waals surface area contributed by atoms with E-state index >= 15 is 0 Å². The van der Waals surface area contributed by atoms with Crippen LogP contribution in [0.3, 0.4) is 0 Å². The zero-order valence-corrected chi connectivity index (χ0v) is 13.0. The van der Waals surface area contributed by atoms with Crippen molar-refractivity contribution in [3.05, 3.63) is 35.4 Å². The maximum Gasteiger partial charge on any atom is 0.0291 e. The molecule has 0 saturated heterocycles.